The molecule has 1 atom stereocenters. The lowest BCUT2D eigenvalue weighted by molar-refractivity contribution is 0.0745. The molecule has 1 aromatic heterocycles. The Bertz CT molecular complexity index is 1010. The summed E-state index contributed by atoms with van der Waals surface area (Å²) in [6.45, 7) is 4.44. The molecule has 0 unspecified atom stereocenters. The first kappa shape index (κ1) is 19.9. The van der Waals surface area contributed by atoms with Crippen molar-refractivity contribution in [2.75, 3.05) is 13.1 Å². The summed E-state index contributed by atoms with van der Waals surface area (Å²) in [5.41, 5.74) is 3.03. The van der Waals surface area contributed by atoms with Crippen molar-refractivity contribution >= 4 is 11.8 Å². The standard InChI is InChI=1S/C24H26N4O2/c1-18(20-11-6-3-7-12-20)16-25-23(29)21-15-22-24(30)27(13-8-14-28(22)26-21)17-19-9-4-2-5-10-19/h2-7,9-12,15,18H,8,13-14,16-17H2,1H3,(H,25,29)/t18-/m0/s1. The molecule has 1 aliphatic heterocycles. The lowest BCUT2D eigenvalue weighted by atomic mass is 10.0. The van der Waals surface area contributed by atoms with E-state index in [1.54, 1.807) is 10.7 Å². The van der Waals surface area contributed by atoms with Crippen LogP contribution < -0.4 is 5.32 Å². The van der Waals surface area contributed by atoms with Crippen molar-refractivity contribution in [1.82, 2.24) is 20.0 Å². The molecule has 6 heteroatoms. The minimum Gasteiger partial charge on any atom is -0.350 e. The van der Waals surface area contributed by atoms with Crippen molar-refractivity contribution in [3.8, 4) is 0 Å². The quantitative estimate of drug-likeness (QED) is 0.687. The number of rotatable bonds is 6. The number of fused-ring (bicyclic) bond motifs is 1. The molecule has 154 valence electrons. The summed E-state index contributed by atoms with van der Waals surface area (Å²) in [5, 5.41) is 7.36. The Balaban J connectivity index is 1.43. The van der Waals surface area contributed by atoms with Crippen molar-refractivity contribution in [3.05, 3.63) is 89.2 Å². The molecule has 0 saturated carbocycles. The third-order valence-corrected chi connectivity index (χ3v) is 5.47. The number of carbonyl (C=O) groups excluding carboxylic acids is 2. The molecule has 0 saturated heterocycles. The van der Waals surface area contributed by atoms with Crippen LogP contribution in [0.4, 0.5) is 0 Å². The van der Waals surface area contributed by atoms with Gasteiger partial charge in [-0.3, -0.25) is 14.3 Å². The van der Waals surface area contributed by atoms with E-state index < -0.39 is 0 Å². The molecule has 0 aliphatic carbocycles. The summed E-state index contributed by atoms with van der Waals surface area (Å²) in [7, 11) is 0. The van der Waals surface area contributed by atoms with Crippen LogP contribution in [0.25, 0.3) is 0 Å². The third-order valence-electron chi connectivity index (χ3n) is 5.47. The van der Waals surface area contributed by atoms with Crippen LogP contribution in [0.3, 0.4) is 0 Å². The zero-order valence-corrected chi connectivity index (χ0v) is 17.1. The Morgan fingerprint density at radius 2 is 1.77 bits per heavy atom. The highest BCUT2D eigenvalue weighted by Gasteiger charge is 2.26. The topological polar surface area (TPSA) is 67.2 Å². The van der Waals surface area contributed by atoms with Gasteiger partial charge in [-0.15, -0.1) is 0 Å². The predicted octanol–water partition coefficient (Wildman–Crippen LogP) is 3.46. The van der Waals surface area contributed by atoms with Crippen LogP contribution in [0, 0.1) is 0 Å². The Kier molecular flexibility index (Phi) is 5.93. The molecule has 3 aromatic rings. The van der Waals surface area contributed by atoms with Crippen LogP contribution in [-0.2, 0) is 13.1 Å². The monoisotopic (exact) mass is 402 g/mol. The summed E-state index contributed by atoms with van der Waals surface area (Å²) < 4.78 is 1.67. The van der Waals surface area contributed by atoms with Gasteiger partial charge in [0.15, 0.2) is 5.69 Å². The molecule has 4 rings (SSSR count). The Hall–Kier alpha value is -3.41. The van der Waals surface area contributed by atoms with E-state index >= 15 is 0 Å². The average Bonchev–Trinajstić information content (AvgIpc) is 3.16. The molecular weight excluding hydrogens is 376 g/mol. The van der Waals surface area contributed by atoms with Gasteiger partial charge in [-0.1, -0.05) is 67.6 Å². The fourth-order valence-electron chi connectivity index (χ4n) is 3.74. The molecule has 0 fully saturated rings. The van der Waals surface area contributed by atoms with Crippen LogP contribution in [0.2, 0.25) is 0 Å². The van der Waals surface area contributed by atoms with Gasteiger partial charge in [0.2, 0.25) is 0 Å². The van der Waals surface area contributed by atoms with Crippen molar-refractivity contribution in [3.63, 3.8) is 0 Å². The number of benzene rings is 2. The lowest BCUT2D eigenvalue weighted by Gasteiger charge is -2.20. The molecule has 0 bridgehead atoms. The van der Waals surface area contributed by atoms with E-state index in [1.165, 1.54) is 5.56 Å². The van der Waals surface area contributed by atoms with E-state index in [0.717, 1.165) is 12.0 Å². The van der Waals surface area contributed by atoms with E-state index in [-0.39, 0.29) is 17.7 Å². The summed E-state index contributed by atoms with van der Waals surface area (Å²) in [4.78, 5) is 27.5. The number of hydrogen-bond donors (Lipinski definition) is 1. The third kappa shape index (κ3) is 4.43. The second-order valence-electron chi connectivity index (χ2n) is 7.73. The summed E-state index contributed by atoms with van der Waals surface area (Å²) in [6, 6.07) is 21.6. The van der Waals surface area contributed by atoms with Gasteiger partial charge in [-0.2, -0.15) is 5.10 Å². The molecule has 2 aromatic carbocycles. The normalized spacial score (nSPS) is 14.7. The van der Waals surface area contributed by atoms with E-state index in [0.29, 0.717) is 37.6 Å². The SMILES string of the molecule is C[C@@H](CNC(=O)c1cc2n(n1)CCCN(Cc1ccccc1)C2=O)c1ccccc1. The largest absolute Gasteiger partial charge is 0.350 e. The zero-order valence-electron chi connectivity index (χ0n) is 17.1. The zero-order chi connectivity index (χ0) is 20.9. The highest BCUT2D eigenvalue weighted by atomic mass is 16.2. The second-order valence-corrected chi connectivity index (χ2v) is 7.73. The lowest BCUT2D eigenvalue weighted by Crippen LogP contribution is -2.30. The minimum atomic E-state index is -0.249. The summed E-state index contributed by atoms with van der Waals surface area (Å²) >= 11 is 0. The van der Waals surface area contributed by atoms with Crippen LogP contribution in [0.5, 0.6) is 0 Å². The predicted molar refractivity (Wildman–Crippen MR) is 115 cm³/mol. The fourth-order valence-corrected chi connectivity index (χ4v) is 3.74. The maximum atomic E-state index is 13.1. The van der Waals surface area contributed by atoms with Gasteiger partial charge in [-0.05, 0) is 23.5 Å². The van der Waals surface area contributed by atoms with Crippen LogP contribution in [0.15, 0.2) is 66.7 Å². The van der Waals surface area contributed by atoms with Gasteiger partial charge in [-0.25, -0.2) is 0 Å². The average molecular weight is 402 g/mol. The van der Waals surface area contributed by atoms with Crippen molar-refractivity contribution in [2.45, 2.75) is 32.4 Å². The number of carbonyl (C=O) groups is 2. The molecule has 1 aliphatic rings. The summed E-state index contributed by atoms with van der Waals surface area (Å²) in [5.74, 6) is -0.139. The van der Waals surface area contributed by atoms with Gasteiger partial charge in [0.1, 0.15) is 5.69 Å². The van der Waals surface area contributed by atoms with Gasteiger partial charge in [0.25, 0.3) is 11.8 Å². The number of hydrogen-bond acceptors (Lipinski definition) is 3. The maximum Gasteiger partial charge on any atom is 0.272 e. The maximum absolute atomic E-state index is 13.1. The number of aromatic nitrogens is 2. The first-order chi connectivity index (χ1) is 14.6. The minimum absolute atomic E-state index is 0.0828. The van der Waals surface area contributed by atoms with Crippen LogP contribution in [0.1, 0.15) is 51.4 Å². The molecule has 30 heavy (non-hydrogen) atoms. The Labute approximate surface area is 176 Å². The fraction of sp³-hybridized carbons (Fsp3) is 0.292. The molecule has 2 heterocycles. The highest BCUT2D eigenvalue weighted by molar-refractivity contribution is 5.98. The van der Waals surface area contributed by atoms with Gasteiger partial charge < -0.3 is 10.2 Å². The Morgan fingerprint density at radius 3 is 2.50 bits per heavy atom. The van der Waals surface area contributed by atoms with Crippen molar-refractivity contribution in [1.29, 1.82) is 0 Å². The summed E-state index contributed by atoms with van der Waals surface area (Å²) in [6.07, 6.45) is 0.805. The number of aryl methyl sites for hydroxylation is 1. The number of nitrogens with zero attached hydrogens (tertiary/aromatic N) is 3. The van der Waals surface area contributed by atoms with Gasteiger partial charge in [0, 0.05) is 32.2 Å². The molecule has 2 amide bonds. The van der Waals surface area contributed by atoms with Crippen molar-refractivity contribution in [2.24, 2.45) is 0 Å². The number of amides is 2. The van der Waals surface area contributed by atoms with Crippen LogP contribution >= 0.6 is 0 Å². The van der Waals surface area contributed by atoms with Gasteiger partial charge in [0.05, 0.1) is 0 Å². The Morgan fingerprint density at radius 1 is 1.07 bits per heavy atom. The molecule has 1 N–H and O–H groups in total. The molecule has 0 radical (unpaired) electrons. The highest BCUT2D eigenvalue weighted by Crippen LogP contribution is 2.17. The van der Waals surface area contributed by atoms with Crippen LogP contribution in [-0.4, -0.2) is 39.6 Å². The molecule has 6 nitrogen and oxygen atoms in total. The first-order valence-corrected chi connectivity index (χ1v) is 10.4. The van der Waals surface area contributed by atoms with E-state index in [2.05, 4.69) is 29.5 Å². The smallest absolute Gasteiger partial charge is 0.272 e. The van der Waals surface area contributed by atoms with Gasteiger partial charge >= 0.3 is 0 Å². The first-order valence-electron chi connectivity index (χ1n) is 10.4. The molecular formula is C24H26N4O2. The van der Waals surface area contributed by atoms with E-state index in [4.69, 9.17) is 0 Å². The number of nitrogens with one attached hydrogen (secondary N) is 1. The van der Waals surface area contributed by atoms with E-state index in [1.807, 2.05) is 53.4 Å². The van der Waals surface area contributed by atoms with E-state index in [9.17, 15) is 9.59 Å². The second kappa shape index (κ2) is 8.95. The van der Waals surface area contributed by atoms with Crippen molar-refractivity contribution < 1.29 is 9.59 Å². The molecule has 0 spiro atoms.